The summed E-state index contributed by atoms with van der Waals surface area (Å²) in [7, 11) is 5.68. The highest BCUT2D eigenvalue weighted by Crippen LogP contribution is 2.34. The lowest BCUT2D eigenvalue weighted by atomic mass is 9.89. The van der Waals surface area contributed by atoms with E-state index in [1.165, 1.54) is 5.56 Å². The molecule has 1 aromatic heterocycles. The molecule has 0 amide bonds. The quantitative estimate of drug-likeness (QED) is 0.756. The van der Waals surface area contributed by atoms with Crippen molar-refractivity contribution in [2.24, 2.45) is 0 Å². The largest absolute Gasteiger partial charge is 0.371 e. The Kier molecular flexibility index (Phi) is 3.20. The summed E-state index contributed by atoms with van der Waals surface area (Å²) in [6, 6.07) is 10.6. The molecule has 1 fully saturated rings. The van der Waals surface area contributed by atoms with E-state index in [0.29, 0.717) is 18.1 Å². The van der Waals surface area contributed by atoms with Crippen LogP contribution in [-0.2, 0) is 11.3 Å². The van der Waals surface area contributed by atoms with Crippen molar-refractivity contribution in [3.8, 4) is 0 Å². The Balaban J connectivity index is 1.58. The van der Waals surface area contributed by atoms with Gasteiger partial charge in [-0.05, 0) is 18.4 Å². The number of ether oxygens (including phenoxy) is 1. The molecule has 1 saturated carbocycles. The van der Waals surface area contributed by atoms with Crippen molar-refractivity contribution in [1.29, 1.82) is 0 Å². The summed E-state index contributed by atoms with van der Waals surface area (Å²) >= 11 is 0. The van der Waals surface area contributed by atoms with Crippen LogP contribution in [0.5, 0.6) is 0 Å². The summed E-state index contributed by atoms with van der Waals surface area (Å²) in [6.07, 6.45) is 6.03. The van der Waals surface area contributed by atoms with E-state index in [1.807, 2.05) is 29.1 Å². The first-order valence-corrected chi connectivity index (χ1v) is 6.28. The summed E-state index contributed by atoms with van der Waals surface area (Å²) in [5.74, 6) is 0. The van der Waals surface area contributed by atoms with Crippen molar-refractivity contribution < 1.29 is 4.74 Å². The molecule has 1 heterocycles. The minimum Gasteiger partial charge on any atom is -0.371 e. The van der Waals surface area contributed by atoms with Crippen molar-refractivity contribution in [3.05, 3.63) is 48.3 Å². The maximum atomic E-state index is 5.94. The number of rotatable bonds is 4. The minimum atomic E-state index is 0.254. The summed E-state index contributed by atoms with van der Waals surface area (Å²) in [6.45, 7) is 0.665. The van der Waals surface area contributed by atoms with Crippen LogP contribution in [0.2, 0.25) is 0 Å². The molecule has 0 unspecified atom stereocenters. The van der Waals surface area contributed by atoms with Crippen LogP contribution in [0, 0.1) is 0 Å². The smallest absolute Gasteiger partial charge is 0.118 e. The standard InChI is InChI=1S/C14H15BN2O/c15-12-8-16-17(9-12)13-6-7-14(13)18-10-11-4-2-1-3-5-11/h1-5,8-9,13-14H,6-7,10H2/t13-,14-/m0/s1. The highest BCUT2D eigenvalue weighted by atomic mass is 16.5. The van der Waals surface area contributed by atoms with Gasteiger partial charge in [0, 0.05) is 12.4 Å². The third kappa shape index (κ3) is 2.34. The van der Waals surface area contributed by atoms with Crippen LogP contribution in [0.25, 0.3) is 0 Å². The van der Waals surface area contributed by atoms with Crippen LogP contribution in [0.3, 0.4) is 0 Å². The third-order valence-electron chi connectivity index (χ3n) is 3.44. The summed E-state index contributed by atoms with van der Waals surface area (Å²) in [5.41, 5.74) is 1.92. The van der Waals surface area contributed by atoms with Gasteiger partial charge in [0.25, 0.3) is 0 Å². The van der Waals surface area contributed by atoms with E-state index < -0.39 is 0 Å². The Morgan fingerprint density at radius 3 is 2.72 bits per heavy atom. The number of nitrogens with zero attached hydrogens (tertiary/aromatic N) is 2. The van der Waals surface area contributed by atoms with Crippen LogP contribution < -0.4 is 5.46 Å². The zero-order valence-corrected chi connectivity index (χ0v) is 10.2. The molecular weight excluding hydrogens is 223 g/mol. The van der Waals surface area contributed by atoms with Gasteiger partial charge >= 0.3 is 0 Å². The first kappa shape index (κ1) is 11.5. The molecule has 1 aliphatic rings. The molecule has 1 aliphatic carbocycles. The Bertz CT molecular complexity index is 512. The maximum absolute atomic E-state index is 5.94. The zero-order valence-electron chi connectivity index (χ0n) is 10.2. The molecule has 2 radical (unpaired) electrons. The highest BCUT2D eigenvalue weighted by Gasteiger charge is 2.33. The second-order valence-corrected chi connectivity index (χ2v) is 4.73. The first-order chi connectivity index (χ1) is 8.83. The summed E-state index contributed by atoms with van der Waals surface area (Å²) in [5, 5.41) is 4.25. The maximum Gasteiger partial charge on any atom is 0.118 e. The Hall–Kier alpha value is -1.55. The molecule has 0 spiro atoms. The van der Waals surface area contributed by atoms with E-state index in [0.717, 1.165) is 12.8 Å². The molecule has 0 aliphatic heterocycles. The molecule has 2 atom stereocenters. The van der Waals surface area contributed by atoms with E-state index >= 15 is 0 Å². The average molecular weight is 238 g/mol. The molecule has 4 heteroatoms. The van der Waals surface area contributed by atoms with Crippen LogP contribution in [0.1, 0.15) is 24.4 Å². The second-order valence-electron chi connectivity index (χ2n) is 4.73. The van der Waals surface area contributed by atoms with Gasteiger partial charge in [-0.25, -0.2) is 0 Å². The van der Waals surface area contributed by atoms with Gasteiger partial charge in [-0.15, -0.1) is 0 Å². The Morgan fingerprint density at radius 1 is 1.28 bits per heavy atom. The normalized spacial score (nSPS) is 22.7. The van der Waals surface area contributed by atoms with E-state index in [4.69, 9.17) is 12.6 Å². The Labute approximate surface area is 108 Å². The van der Waals surface area contributed by atoms with Gasteiger partial charge in [-0.3, -0.25) is 4.68 Å². The van der Waals surface area contributed by atoms with Crippen molar-refractivity contribution in [1.82, 2.24) is 9.78 Å². The van der Waals surface area contributed by atoms with Gasteiger partial charge in [-0.2, -0.15) is 5.10 Å². The Morgan fingerprint density at radius 2 is 2.11 bits per heavy atom. The number of hydrogen-bond donors (Lipinski definition) is 0. The van der Waals surface area contributed by atoms with Crippen molar-refractivity contribution in [2.75, 3.05) is 0 Å². The van der Waals surface area contributed by atoms with Gasteiger partial charge in [-0.1, -0.05) is 35.8 Å². The van der Waals surface area contributed by atoms with E-state index in [1.54, 1.807) is 6.20 Å². The van der Waals surface area contributed by atoms with Gasteiger partial charge in [0.15, 0.2) is 0 Å². The lowest BCUT2D eigenvalue weighted by Crippen LogP contribution is -2.36. The topological polar surface area (TPSA) is 27.1 Å². The average Bonchev–Trinajstić information content (AvgIpc) is 2.76. The van der Waals surface area contributed by atoms with Crippen LogP contribution in [0.15, 0.2) is 42.7 Å². The van der Waals surface area contributed by atoms with Crippen molar-refractivity contribution in [3.63, 3.8) is 0 Å². The highest BCUT2D eigenvalue weighted by molar-refractivity contribution is 6.31. The fraction of sp³-hybridized carbons (Fsp3) is 0.357. The number of aromatic nitrogens is 2. The van der Waals surface area contributed by atoms with E-state index in [9.17, 15) is 0 Å². The third-order valence-corrected chi connectivity index (χ3v) is 3.44. The first-order valence-electron chi connectivity index (χ1n) is 6.28. The summed E-state index contributed by atoms with van der Waals surface area (Å²) < 4.78 is 7.86. The van der Waals surface area contributed by atoms with Gasteiger partial charge < -0.3 is 4.74 Å². The van der Waals surface area contributed by atoms with Gasteiger partial charge in [0.2, 0.25) is 0 Å². The minimum absolute atomic E-state index is 0.254. The van der Waals surface area contributed by atoms with Crippen molar-refractivity contribution in [2.45, 2.75) is 31.6 Å². The molecule has 1 aromatic carbocycles. The molecule has 3 rings (SSSR count). The number of benzene rings is 1. The predicted octanol–water partition coefficient (Wildman–Crippen LogP) is 1.60. The lowest BCUT2D eigenvalue weighted by molar-refractivity contribution is -0.0529. The van der Waals surface area contributed by atoms with Gasteiger partial charge in [0.1, 0.15) is 7.85 Å². The molecular formula is C14H15BN2O. The molecule has 3 nitrogen and oxygen atoms in total. The fourth-order valence-corrected chi connectivity index (χ4v) is 2.26. The van der Waals surface area contributed by atoms with Gasteiger partial charge in [0.05, 0.1) is 18.8 Å². The summed E-state index contributed by atoms with van der Waals surface area (Å²) in [4.78, 5) is 0. The van der Waals surface area contributed by atoms with E-state index in [-0.39, 0.29) is 6.10 Å². The number of hydrogen-bond acceptors (Lipinski definition) is 2. The van der Waals surface area contributed by atoms with Crippen molar-refractivity contribution >= 4 is 13.3 Å². The van der Waals surface area contributed by atoms with Crippen LogP contribution in [0.4, 0.5) is 0 Å². The molecule has 0 bridgehead atoms. The zero-order chi connectivity index (χ0) is 12.4. The van der Waals surface area contributed by atoms with E-state index in [2.05, 4.69) is 17.2 Å². The SMILES string of the molecule is [B]c1cnn([C@H]2CC[C@@H]2OCc2ccccc2)c1. The molecule has 2 aromatic rings. The lowest BCUT2D eigenvalue weighted by Gasteiger charge is -2.36. The van der Waals surface area contributed by atoms with Crippen LogP contribution in [-0.4, -0.2) is 23.7 Å². The molecule has 90 valence electrons. The predicted molar refractivity (Wildman–Crippen MR) is 70.9 cm³/mol. The van der Waals surface area contributed by atoms with Crippen LogP contribution >= 0.6 is 0 Å². The molecule has 0 N–H and O–H groups in total. The monoisotopic (exact) mass is 238 g/mol. The second kappa shape index (κ2) is 4.98. The molecule has 18 heavy (non-hydrogen) atoms. The molecule has 0 saturated heterocycles. The fourth-order valence-electron chi connectivity index (χ4n) is 2.26.